The molecular weight excluding hydrogens is 317 g/mol. The second kappa shape index (κ2) is 8.04. The molecule has 1 N–H and O–H groups in total. The number of nitrogens with one attached hydrogen (secondary N) is 1. The average molecular weight is 343 g/mol. The zero-order chi connectivity index (χ0) is 17.7. The quantitative estimate of drug-likeness (QED) is 0.875. The van der Waals surface area contributed by atoms with Crippen LogP contribution in [0.1, 0.15) is 31.0 Å². The van der Waals surface area contributed by atoms with Gasteiger partial charge in [0.25, 0.3) is 0 Å². The number of rotatable bonds is 6. The molecule has 134 valence electrons. The van der Waals surface area contributed by atoms with Crippen LogP contribution in [0, 0.1) is 5.82 Å². The molecule has 25 heavy (non-hydrogen) atoms. The Hall–Kier alpha value is -1.82. The minimum Gasteiger partial charge on any atom is -0.379 e. The molecule has 2 heterocycles. The third-order valence-corrected chi connectivity index (χ3v) is 4.83. The Labute approximate surface area is 149 Å². The third kappa shape index (κ3) is 4.63. The Bertz CT molecular complexity index is 654. The molecular formula is C20H26FN3O. The van der Waals surface area contributed by atoms with E-state index in [2.05, 4.69) is 35.1 Å². The van der Waals surface area contributed by atoms with Gasteiger partial charge in [-0.25, -0.2) is 4.39 Å². The number of hydrogen-bond acceptors (Lipinski definition) is 4. The molecule has 1 aromatic carbocycles. The molecule has 1 fully saturated rings. The molecule has 0 saturated carbocycles. The van der Waals surface area contributed by atoms with E-state index in [-0.39, 0.29) is 17.4 Å². The molecule has 5 heteroatoms. The Morgan fingerprint density at radius 3 is 2.52 bits per heavy atom. The highest BCUT2D eigenvalue weighted by Crippen LogP contribution is 2.24. The molecule has 0 aliphatic carbocycles. The van der Waals surface area contributed by atoms with Gasteiger partial charge in [0.1, 0.15) is 5.82 Å². The lowest BCUT2D eigenvalue weighted by molar-refractivity contribution is -0.0101. The zero-order valence-electron chi connectivity index (χ0n) is 14.9. The number of benzene rings is 1. The second-order valence-corrected chi connectivity index (χ2v) is 7.06. The van der Waals surface area contributed by atoms with Gasteiger partial charge in [-0.1, -0.05) is 18.2 Å². The van der Waals surface area contributed by atoms with E-state index in [9.17, 15) is 4.39 Å². The van der Waals surface area contributed by atoms with E-state index in [0.717, 1.165) is 44.0 Å². The fourth-order valence-electron chi connectivity index (χ4n) is 3.26. The summed E-state index contributed by atoms with van der Waals surface area (Å²) in [4.78, 5) is 6.69. The second-order valence-electron chi connectivity index (χ2n) is 7.06. The topological polar surface area (TPSA) is 37.4 Å². The first-order valence-corrected chi connectivity index (χ1v) is 8.78. The van der Waals surface area contributed by atoms with Crippen LogP contribution in [0.5, 0.6) is 0 Å². The van der Waals surface area contributed by atoms with Gasteiger partial charge in [-0.3, -0.25) is 9.88 Å². The van der Waals surface area contributed by atoms with Gasteiger partial charge in [0.15, 0.2) is 0 Å². The van der Waals surface area contributed by atoms with E-state index in [1.54, 1.807) is 6.20 Å². The van der Waals surface area contributed by atoms with Gasteiger partial charge in [-0.2, -0.15) is 0 Å². The summed E-state index contributed by atoms with van der Waals surface area (Å²) in [6.45, 7) is 8.77. The number of pyridine rings is 1. The van der Waals surface area contributed by atoms with E-state index < -0.39 is 0 Å². The summed E-state index contributed by atoms with van der Waals surface area (Å²) >= 11 is 0. The molecule has 4 nitrogen and oxygen atoms in total. The Balaban J connectivity index is 1.77. The lowest BCUT2D eigenvalue weighted by atomic mass is 9.97. The Morgan fingerprint density at radius 2 is 1.88 bits per heavy atom. The van der Waals surface area contributed by atoms with Crippen LogP contribution in [-0.2, 0) is 4.74 Å². The maximum Gasteiger partial charge on any atom is 0.123 e. The standard InChI is InChI=1S/C20H26FN3O/c1-20(2,24-10-12-25-13-11-24)15-23-19(17-4-3-9-22-14-17)16-5-7-18(21)8-6-16/h3-9,14,19,23H,10-13,15H2,1-2H3. The minimum absolute atomic E-state index is 0.00424. The number of halogens is 1. The molecule has 1 atom stereocenters. The number of hydrogen-bond donors (Lipinski definition) is 1. The fraction of sp³-hybridized carbons (Fsp3) is 0.450. The third-order valence-electron chi connectivity index (χ3n) is 4.83. The summed E-state index contributed by atoms with van der Waals surface area (Å²) in [5, 5.41) is 3.66. The van der Waals surface area contributed by atoms with Crippen LogP contribution >= 0.6 is 0 Å². The highest BCUT2D eigenvalue weighted by atomic mass is 19.1. The smallest absolute Gasteiger partial charge is 0.123 e. The van der Waals surface area contributed by atoms with Gasteiger partial charge < -0.3 is 10.1 Å². The largest absolute Gasteiger partial charge is 0.379 e. The van der Waals surface area contributed by atoms with Crippen molar-refractivity contribution in [3.05, 3.63) is 65.7 Å². The maximum atomic E-state index is 13.3. The van der Waals surface area contributed by atoms with Gasteiger partial charge in [0.2, 0.25) is 0 Å². The van der Waals surface area contributed by atoms with Crippen molar-refractivity contribution >= 4 is 0 Å². The predicted molar refractivity (Wildman–Crippen MR) is 97.0 cm³/mol. The lowest BCUT2D eigenvalue weighted by Crippen LogP contribution is -2.55. The minimum atomic E-state index is -0.220. The van der Waals surface area contributed by atoms with Crippen molar-refractivity contribution in [2.45, 2.75) is 25.4 Å². The van der Waals surface area contributed by atoms with E-state index >= 15 is 0 Å². The summed E-state index contributed by atoms with van der Waals surface area (Å²) in [6, 6.07) is 10.6. The highest BCUT2D eigenvalue weighted by Gasteiger charge is 2.29. The van der Waals surface area contributed by atoms with Crippen LogP contribution in [0.4, 0.5) is 4.39 Å². The molecule has 1 aliphatic rings. The molecule has 0 amide bonds. The SMILES string of the molecule is CC(C)(CNC(c1ccc(F)cc1)c1cccnc1)N1CCOCC1. The molecule has 1 aromatic heterocycles. The van der Waals surface area contributed by atoms with E-state index in [4.69, 9.17) is 4.74 Å². The van der Waals surface area contributed by atoms with Crippen molar-refractivity contribution < 1.29 is 9.13 Å². The van der Waals surface area contributed by atoms with Crippen LogP contribution < -0.4 is 5.32 Å². The normalized spacial score (nSPS) is 17.4. The number of morpholine rings is 1. The van der Waals surface area contributed by atoms with E-state index in [0.29, 0.717) is 0 Å². The number of aromatic nitrogens is 1. The van der Waals surface area contributed by atoms with Crippen molar-refractivity contribution in [2.24, 2.45) is 0 Å². The van der Waals surface area contributed by atoms with E-state index in [1.165, 1.54) is 12.1 Å². The van der Waals surface area contributed by atoms with Crippen LogP contribution in [0.3, 0.4) is 0 Å². The molecule has 0 spiro atoms. The van der Waals surface area contributed by atoms with Crippen molar-refractivity contribution in [1.82, 2.24) is 15.2 Å². The fourth-order valence-corrected chi connectivity index (χ4v) is 3.26. The van der Waals surface area contributed by atoms with E-state index in [1.807, 2.05) is 24.4 Å². The van der Waals surface area contributed by atoms with Crippen LogP contribution in [0.2, 0.25) is 0 Å². The van der Waals surface area contributed by atoms with Crippen LogP contribution in [0.25, 0.3) is 0 Å². The first kappa shape index (κ1) is 18.0. The first-order chi connectivity index (χ1) is 12.1. The van der Waals surface area contributed by atoms with Gasteiger partial charge in [-0.15, -0.1) is 0 Å². The van der Waals surface area contributed by atoms with Gasteiger partial charge >= 0.3 is 0 Å². The predicted octanol–water partition coefficient (Wildman–Crippen LogP) is 3.01. The Morgan fingerprint density at radius 1 is 1.16 bits per heavy atom. The summed E-state index contributed by atoms with van der Waals surface area (Å²) in [7, 11) is 0. The van der Waals surface area contributed by atoms with Gasteiger partial charge in [0.05, 0.1) is 19.3 Å². The van der Waals surface area contributed by atoms with Crippen molar-refractivity contribution in [3.63, 3.8) is 0 Å². The summed E-state index contributed by atoms with van der Waals surface area (Å²) in [6.07, 6.45) is 3.63. The molecule has 1 saturated heterocycles. The summed E-state index contributed by atoms with van der Waals surface area (Å²) < 4.78 is 18.8. The lowest BCUT2D eigenvalue weighted by Gasteiger charge is -2.41. The van der Waals surface area contributed by atoms with Crippen molar-refractivity contribution in [1.29, 1.82) is 0 Å². The molecule has 3 rings (SSSR count). The maximum absolute atomic E-state index is 13.3. The molecule has 2 aromatic rings. The van der Waals surface area contributed by atoms with Crippen LogP contribution in [-0.4, -0.2) is 48.3 Å². The molecule has 0 radical (unpaired) electrons. The summed E-state index contributed by atoms with van der Waals surface area (Å²) in [5.74, 6) is -0.220. The van der Waals surface area contributed by atoms with Crippen molar-refractivity contribution in [2.75, 3.05) is 32.8 Å². The molecule has 1 unspecified atom stereocenters. The first-order valence-electron chi connectivity index (χ1n) is 8.78. The molecule has 1 aliphatic heterocycles. The van der Waals surface area contributed by atoms with Gasteiger partial charge in [0, 0.05) is 37.6 Å². The average Bonchev–Trinajstić information content (AvgIpc) is 2.65. The summed E-state index contributed by atoms with van der Waals surface area (Å²) in [5.41, 5.74) is 2.11. The molecule has 0 bridgehead atoms. The monoisotopic (exact) mass is 343 g/mol. The highest BCUT2D eigenvalue weighted by molar-refractivity contribution is 5.30. The van der Waals surface area contributed by atoms with Gasteiger partial charge in [-0.05, 0) is 43.2 Å². The zero-order valence-corrected chi connectivity index (χ0v) is 14.9. The number of ether oxygens (including phenoxy) is 1. The number of nitrogens with zero attached hydrogens (tertiary/aromatic N) is 2. The van der Waals surface area contributed by atoms with Crippen molar-refractivity contribution in [3.8, 4) is 0 Å². The van der Waals surface area contributed by atoms with Crippen LogP contribution in [0.15, 0.2) is 48.8 Å². The Kier molecular flexibility index (Phi) is 5.78.